The third-order valence-corrected chi connectivity index (χ3v) is 10.7. The van der Waals surface area contributed by atoms with Crippen molar-refractivity contribution >= 4 is 23.5 Å². The molecule has 0 spiro atoms. The Bertz CT molecular complexity index is 981. The molecule has 3 saturated carbocycles. The number of ether oxygens (including phenoxy) is 1. The predicted molar refractivity (Wildman–Crippen MR) is 132 cm³/mol. The van der Waals surface area contributed by atoms with E-state index in [0.717, 1.165) is 19.3 Å². The molecule has 0 aromatic heterocycles. The highest BCUT2D eigenvalue weighted by molar-refractivity contribution is 8.00. The monoisotopic (exact) mass is 488 g/mol. The number of aliphatic hydroxyl groups excluding tert-OH is 1. The van der Waals surface area contributed by atoms with Gasteiger partial charge in [0.1, 0.15) is 17.7 Å². The van der Waals surface area contributed by atoms with Crippen LogP contribution in [0.2, 0.25) is 0 Å². The Morgan fingerprint density at radius 2 is 2.06 bits per heavy atom. The topological polar surface area (TPSA) is 63.6 Å². The maximum atomic E-state index is 13.5. The summed E-state index contributed by atoms with van der Waals surface area (Å²) in [6.07, 6.45) is 4.15. The van der Waals surface area contributed by atoms with E-state index in [4.69, 9.17) is 4.74 Å². The number of thioether (sulfide) groups is 1. The van der Waals surface area contributed by atoms with Gasteiger partial charge in [-0.3, -0.25) is 9.59 Å². The van der Waals surface area contributed by atoms with Crippen LogP contribution in [0.3, 0.4) is 0 Å². The molecule has 0 radical (unpaired) electrons. The van der Waals surface area contributed by atoms with Gasteiger partial charge in [-0.25, -0.2) is 4.39 Å². The SMILES string of the molecule is C=C[C@]1(C)C[C@@H](OC(=O)CSc2cccc(F)c2)[C@]2(C)C(C)CCC3(CCC(=O)C32)[C@@H](C)[C@@H]1O. The lowest BCUT2D eigenvalue weighted by Crippen LogP contribution is -2.63. The molecule has 0 saturated heterocycles. The molecule has 34 heavy (non-hydrogen) atoms. The molecule has 0 heterocycles. The largest absolute Gasteiger partial charge is 0.461 e. The number of ketones is 1. The van der Waals surface area contributed by atoms with Crippen molar-refractivity contribution in [3.8, 4) is 0 Å². The molecule has 3 aliphatic rings. The third kappa shape index (κ3) is 3.95. The summed E-state index contributed by atoms with van der Waals surface area (Å²) < 4.78 is 19.7. The van der Waals surface area contributed by atoms with Gasteiger partial charge in [-0.1, -0.05) is 39.8 Å². The van der Waals surface area contributed by atoms with Crippen molar-refractivity contribution < 1.29 is 23.8 Å². The number of hydrogen-bond donors (Lipinski definition) is 1. The fraction of sp³-hybridized carbons (Fsp3) is 0.643. The van der Waals surface area contributed by atoms with Gasteiger partial charge in [-0.2, -0.15) is 0 Å². The number of benzene rings is 1. The van der Waals surface area contributed by atoms with Crippen LogP contribution in [0.1, 0.15) is 59.8 Å². The molecule has 4 nitrogen and oxygen atoms in total. The molecular weight excluding hydrogens is 451 g/mol. The lowest BCUT2D eigenvalue weighted by molar-refractivity contribution is -0.205. The highest BCUT2D eigenvalue weighted by Crippen LogP contribution is 2.68. The molecular formula is C28H37FO4S. The van der Waals surface area contributed by atoms with Crippen LogP contribution in [-0.4, -0.2) is 34.8 Å². The minimum atomic E-state index is -0.681. The highest BCUT2D eigenvalue weighted by atomic mass is 32.2. The first-order chi connectivity index (χ1) is 16.0. The minimum Gasteiger partial charge on any atom is -0.461 e. The second kappa shape index (κ2) is 9.09. The van der Waals surface area contributed by atoms with Gasteiger partial charge in [0.15, 0.2) is 0 Å². The first kappa shape index (κ1) is 25.4. The van der Waals surface area contributed by atoms with Gasteiger partial charge in [0.25, 0.3) is 0 Å². The molecule has 1 N–H and O–H groups in total. The highest BCUT2D eigenvalue weighted by Gasteiger charge is 2.68. The van der Waals surface area contributed by atoms with Crippen LogP contribution in [0, 0.1) is 39.8 Å². The molecule has 8 atom stereocenters. The normalized spacial score (nSPS) is 41.8. The zero-order valence-electron chi connectivity index (χ0n) is 20.7. The number of Topliss-reactive ketones (excluding diaryl/α,β-unsaturated/α-hetero) is 1. The number of aliphatic hydroxyl groups is 1. The van der Waals surface area contributed by atoms with Gasteiger partial charge >= 0.3 is 5.97 Å². The van der Waals surface area contributed by atoms with Crippen molar-refractivity contribution in [3.05, 3.63) is 42.7 Å². The number of esters is 1. The van der Waals surface area contributed by atoms with E-state index >= 15 is 0 Å². The van der Waals surface area contributed by atoms with E-state index in [0.29, 0.717) is 17.7 Å². The van der Waals surface area contributed by atoms with Crippen molar-refractivity contribution in [2.75, 3.05) is 5.75 Å². The van der Waals surface area contributed by atoms with Crippen LogP contribution in [0.5, 0.6) is 0 Å². The molecule has 1 aromatic rings. The van der Waals surface area contributed by atoms with Crippen molar-refractivity contribution in [1.82, 2.24) is 0 Å². The average Bonchev–Trinajstić information content (AvgIpc) is 3.16. The summed E-state index contributed by atoms with van der Waals surface area (Å²) in [6, 6.07) is 6.15. The first-order valence-corrected chi connectivity index (χ1v) is 13.4. The van der Waals surface area contributed by atoms with Crippen LogP contribution in [0.4, 0.5) is 4.39 Å². The standard InChI is InChI=1S/C28H37FO4S/c1-6-26(4)15-22(33-23(31)16-34-20-9-7-8-19(29)14-20)27(5)17(2)10-12-28(18(3)25(26)32)13-11-21(30)24(27)28/h6-9,14,17-18,22,24-25,32H,1,10-13,15-16H2,2-5H3/t17?,18-,22+,24?,25-,26+,27-,28?/m0/s1. The second-order valence-electron chi connectivity index (χ2n) is 11.3. The Morgan fingerprint density at radius 1 is 1.32 bits per heavy atom. The maximum absolute atomic E-state index is 13.5. The summed E-state index contributed by atoms with van der Waals surface area (Å²) in [7, 11) is 0. The zero-order valence-corrected chi connectivity index (χ0v) is 21.5. The van der Waals surface area contributed by atoms with E-state index < -0.39 is 23.0 Å². The number of rotatable bonds is 5. The van der Waals surface area contributed by atoms with Crippen LogP contribution < -0.4 is 0 Å². The number of halogens is 1. The zero-order chi connectivity index (χ0) is 24.9. The summed E-state index contributed by atoms with van der Waals surface area (Å²) >= 11 is 1.24. The van der Waals surface area contributed by atoms with Crippen molar-refractivity contribution in [1.29, 1.82) is 0 Å². The molecule has 4 rings (SSSR count). The number of hydrogen-bond acceptors (Lipinski definition) is 5. The Hall–Kier alpha value is -1.66. The van der Waals surface area contributed by atoms with E-state index in [-0.39, 0.29) is 46.5 Å². The Morgan fingerprint density at radius 3 is 2.74 bits per heavy atom. The lowest BCUT2D eigenvalue weighted by atomic mass is 9.44. The Balaban J connectivity index is 1.68. The van der Waals surface area contributed by atoms with Crippen molar-refractivity contribution in [2.45, 2.75) is 76.9 Å². The van der Waals surface area contributed by atoms with Gasteiger partial charge in [-0.05, 0) is 61.1 Å². The summed E-state index contributed by atoms with van der Waals surface area (Å²) in [5.74, 6) is -0.539. The molecule has 0 aliphatic heterocycles. The number of carbonyl (C=O) groups is 2. The molecule has 3 unspecified atom stereocenters. The lowest BCUT2D eigenvalue weighted by Gasteiger charge is -2.61. The summed E-state index contributed by atoms with van der Waals surface area (Å²) in [6.45, 7) is 12.4. The van der Waals surface area contributed by atoms with Gasteiger partial charge in [0.2, 0.25) is 0 Å². The Labute approximate surface area is 206 Å². The first-order valence-electron chi connectivity index (χ1n) is 12.4. The van der Waals surface area contributed by atoms with E-state index in [1.807, 2.05) is 6.92 Å². The van der Waals surface area contributed by atoms with Crippen LogP contribution >= 0.6 is 11.8 Å². The molecule has 6 heteroatoms. The molecule has 2 bridgehead atoms. The van der Waals surface area contributed by atoms with Gasteiger partial charge in [0, 0.05) is 28.1 Å². The molecule has 0 amide bonds. The fourth-order valence-corrected chi connectivity index (χ4v) is 8.12. The maximum Gasteiger partial charge on any atom is 0.316 e. The van der Waals surface area contributed by atoms with E-state index in [9.17, 15) is 19.1 Å². The second-order valence-corrected chi connectivity index (χ2v) is 12.4. The quantitative estimate of drug-likeness (QED) is 0.321. The molecule has 3 fully saturated rings. The van der Waals surface area contributed by atoms with Crippen molar-refractivity contribution in [2.24, 2.45) is 34.0 Å². The fourth-order valence-electron chi connectivity index (χ4n) is 7.39. The Kier molecular flexibility index (Phi) is 6.80. The van der Waals surface area contributed by atoms with Crippen LogP contribution in [0.15, 0.2) is 41.8 Å². The third-order valence-electron chi connectivity index (χ3n) is 9.73. The van der Waals surface area contributed by atoms with E-state index in [2.05, 4.69) is 27.4 Å². The van der Waals surface area contributed by atoms with Crippen molar-refractivity contribution in [3.63, 3.8) is 0 Å². The predicted octanol–water partition coefficient (Wildman–Crippen LogP) is 5.82. The molecule has 1 aromatic carbocycles. The van der Waals surface area contributed by atoms with E-state index in [1.54, 1.807) is 18.2 Å². The smallest absolute Gasteiger partial charge is 0.316 e. The van der Waals surface area contributed by atoms with E-state index in [1.165, 1.54) is 23.9 Å². The van der Waals surface area contributed by atoms with Crippen LogP contribution in [0.25, 0.3) is 0 Å². The van der Waals surface area contributed by atoms with Gasteiger partial charge in [0.05, 0.1) is 11.9 Å². The number of carbonyl (C=O) groups excluding carboxylic acids is 2. The molecule has 186 valence electrons. The summed E-state index contributed by atoms with van der Waals surface area (Å²) in [5, 5.41) is 11.6. The molecule has 3 aliphatic carbocycles. The van der Waals surface area contributed by atoms with Crippen LogP contribution in [-0.2, 0) is 14.3 Å². The minimum absolute atomic E-state index is 0.0535. The summed E-state index contributed by atoms with van der Waals surface area (Å²) in [5.41, 5.74) is -1.46. The summed E-state index contributed by atoms with van der Waals surface area (Å²) in [4.78, 5) is 27.2. The average molecular weight is 489 g/mol. The van der Waals surface area contributed by atoms with Gasteiger partial charge < -0.3 is 9.84 Å². The van der Waals surface area contributed by atoms with Gasteiger partial charge in [-0.15, -0.1) is 18.3 Å².